The zero-order valence-electron chi connectivity index (χ0n) is 11.1. The lowest BCUT2D eigenvalue weighted by Gasteiger charge is -2.23. The number of nitrogen functional groups attached to an aromatic ring is 1. The van der Waals surface area contributed by atoms with E-state index in [4.69, 9.17) is 10.8 Å². The van der Waals surface area contributed by atoms with Crippen LogP contribution in [0.3, 0.4) is 0 Å². The fourth-order valence-electron chi connectivity index (χ4n) is 1.63. The molecule has 0 atom stereocenters. The van der Waals surface area contributed by atoms with Crippen molar-refractivity contribution in [2.75, 3.05) is 24.1 Å². The van der Waals surface area contributed by atoms with Gasteiger partial charge in [0.15, 0.2) is 0 Å². The van der Waals surface area contributed by atoms with Crippen molar-refractivity contribution in [1.29, 1.82) is 0 Å². The van der Waals surface area contributed by atoms with Crippen LogP contribution in [0.5, 0.6) is 0 Å². The lowest BCUT2D eigenvalue weighted by Crippen LogP contribution is -2.41. The van der Waals surface area contributed by atoms with Gasteiger partial charge in [-0.2, -0.15) is 0 Å². The number of carbonyl (C=O) groups is 2. The van der Waals surface area contributed by atoms with E-state index in [0.29, 0.717) is 17.9 Å². The molecule has 0 unspecified atom stereocenters. The maximum absolute atomic E-state index is 12.0. The Morgan fingerprint density at radius 2 is 2.00 bits per heavy atom. The third kappa shape index (κ3) is 4.87. The van der Waals surface area contributed by atoms with Crippen molar-refractivity contribution in [3.8, 4) is 0 Å². The number of nitrogens with one attached hydrogen (secondary N) is 1. The van der Waals surface area contributed by atoms with Gasteiger partial charge in [0.2, 0.25) is 0 Å². The predicted molar refractivity (Wildman–Crippen MR) is 73.9 cm³/mol. The highest BCUT2D eigenvalue weighted by molar-refractivity contribution is 5.94. The molecular formula is C13H19N3O3. The van der Waals surface area contributed by atoms with E-state index in [2.05, 4.69) is 5.32 Å². The maximum atomic E-state index is 12.0. The van der Waals surface area contributed by atoms with Gasteiger partial charge in [-0.15, -0.1) is 0 Å². The topological polar surface area (TPSA) is 95.7 Å². The first kappa shape index (κ1) is 14.8. The Morgan fingerprint density at radius 3 is 2.53 bits per heavy atom. The molecule has 4 N–H and O–H groups in total. The first-order valence-electron chi connectivity index (χ1n) is 6.02. The molecule has 6 nitrogen and oxygen atoms in total. The van der Waals surface area contributed by atoms with Gasteiger partial charge in [-0.25, -0.2) is 4.79 Å². The Labute approximate surface area is 112 Å². The van der Waals surface area contributed by atoms with Gasteiger partial charge in [0.25, 0.3) is 0 Å². The molecule has 0 fully saturated rings. The predicted octanol–water partition coefficient (Wildman–Crippen LogP) is 1.84. The fraction of sp³-hybridized carbons (Fsp3) is 0.385. The summed E-state index contributed by atoms with van der Waals surface area (Å²) < 4.78 is 0. The fourth-order valence-corrected chi connectivity index (χ4v) is 1.63. The van der Waals surface area contributed by atoms with E-state index in [-0.39, 0.29) is 12.5 Å². The van der Waals surface area contributed by atoms with Gasteiger partial charge in [-0.3, -0.25) is 4.79 Å². The minimum absolute atomic E-state index is 0.179. The van der Waals surface area contributed by atoms with E-state index in [1.54, 1.807) is 24.3 Å². The molecule has 6 heteroatoms. The molecule has 0 bridgehead atoms. The van der Waals surface area contributed by atoms with E-state index >= 15 is 0 Å². The number of carboxylic acids is 1. The quantitative estimate of drug-likeness (QED) is 0.708. The number of nitrogens with zero attached hydrogens (tertiary/aromatic N) is 1. The summed E-state index contributed by atoms with van der Waals surface area (Å²) in [5, 5.41) is 11.4. The van der Waals surface area contributed by atoms with Crippen LogP contribution in [0.25, 0.3) is 0 Å². The van der Waals surface area contributed by atoms with Crippen LogP contribution in [0.4, 0.5) is 16.2 Å². The summed E-state index contributed by atoms with van der Waals surface area (Å²) in [6.07, 6.45) is 0. The summed E-state index contributed by atoms with van der Waals surface area (Å²) in [6.45, 7) is 3.86. The molecule has 1 aromatic rings. The second-order valence-electron chi connectivity index (χ2n) is 4.69. The number of benzene rings is 1. The SMILES string of the molecule is CC(C)CN(CC(=O)O)C(=O)Nc1ccccc1N. The number of urea groups is 1. The molecule has 104 valence electrons. The number of rotatable bonds is 5. The number of carbonyl (C=O) groups excluding carboxylic acids is 1. The average Bonchev–Trinajstić information content (AvgIpc) is 2.30. The summed E-state index contributed by atoms with van der Waals surface area (Å²) in [4.78, 5) is 24.0. The zero-order valence-corrected chi connectivity index (χ0v) is 11.1. The van der Waals surface area contributed by atoms with Gasteiger partial charge >= 0.3 is 12.0 Å². The summed E-state index contributed by atoms with van der Waals surface area (Å²) >= 11 is 0. The summed E-state index contributed by atoms with van der Waals surface area (Å²) in [6, 6.07) is 6.37. The zero-order chi connectivity index (χ0) is 14.4. The number of aliphatic carboxylic acids is 1. The highest BCUT2D eigenvalue weighted by Crippen LogP contribution is 2.17. The Morgan fingerprint density at radius 1 is 1.37 bits per heavy atom. The number of hydrogen-bond acceptors (Lipinski definition) is 3. The van der Waals surface area contributed by atoms with Crippen LogP contribution >= 0.6 is 0 Å². The molecule has 1 aromatic carbocycles. The van der Waals surface area contributed by atoms with E-state index in [1.165, 1.54) is 4.90 Å². The second kappa shape index (κ2) is 6.63. The molecule has 2 amide bonds. The van der Waals surface area contributed by atoms with E-state index < -0.39 is 12.0 Å². The molecule has 0 aromatic heterocycles. The van der Waals surface area contributed by atoms with Crippen molar-refractivity contribution in [1.82, 2.24) is 4.90 Å². The highest BCUT2D eigenvalue weighted by Gasteiger charge is 2.18. The van der Waals surface area contributed by atoms with Gasteiger partial charge in [-0.1, -0.05) is 26.0 Å². The van der Waals surface area contributed by atoms with Crippen molar-refractivity contribution in [3.63, 3.8) is 0 Å². The van der Waals surface area contributed by atoms with Gasteiger partial charge in [0.05, 0.1) is 11.4 Å². The lowest BCUT2D eigenvalue weighted by atomic mass is 10.2. The van der Waals surface area contributed by atoms with Crippen LogP contribution in [-0.2, 0) is 4.79 Å². The molecule has 0 spiro atoms. The third-order valence-electron chi connectivity index (χ3n) is 2.40. The molecule has 0 saturated heterocycles. The summed E-state index contributed by atoms with van der Waals surface area (Å²) in [5.41, 5.74) is 6.64. The average molecular weight is 265 g/mol. The number of anilines is 2. The minimum atomic E-state index is -1.04. The lowest BCUT2D eigenvalue weighted by molar-refractivity contribution is -0.137. The second-order valence-corrected chi connectivity index (χ2v) is 4.69. The molecule has 0 saturated carbocycles. The molecule has 0 aliphatic carbocycles. The third-order valence-corrected chi connectivity index (χ3v) is 2.40. The number of carboxylic acid groups (broad SMARTS) is 1. The smallest absolute Gasteiger partial charge is 0.323 e. The van der Waals surface area contributed by atoms with Crippen LogP contribution in [0, 0.1) is 5.92 Å². The molecule has 0 heterocycles. The first-order chi connectivity index (χ1) is 8.90. The number of nitrogens with two attached hydrogens (primary N) is 1. The van der Waals surface area contributed by atoms with Crippen LogP contribution in [0.1, 0.15) is 13.8 Å². The number of amides is 2. The van der Waals surface area contributed by atoms with Crippen LogP contribution in [0.2, 0.25) is 0 Å². The van der Waals surface area contributed by atoms with Crippen molar-refractivity contribution >= 4 is 23.4 Å². The molecule has 0 aliphatic rings. The van der Waals surface area contributed by atoms with Gasteiger partial charge < -0.3 is 21.1 Å². The Hall–Kier alpha value is -2.24. The summed E-state index contributed by atoms with van der Waals surface area (Å²) in [7, 11) is 0. The summed E-state index contributed by atoms with van der Waals surface area (Å²) in [5.74, 6) is -0.866. The van der Waals surface area contributed by atoms with E-state index in [0.717, 1.165) is 0 Å². The van der Waals surface area contributed by atoms with Crippen molar-refractivity contribution in [2.24, 2.45) is 5.92 Å². The van der Waals surface area contributed by atoms with Crippen LogP contribution < -0.4 is 11.1 Å². The molecule has 1 rings (SSSR count). The van der Waals surface area contributed by atoms with Crippen molar-refractivity contribution < 1.29 is 14.7 Å². The van der Waals surface area contributed by atoms with E-state index in [9.17, 15) is 9.59 Å². The largest absolute Gasteiger partial charge is 0.480 e. The normalized spacial score (nSPS) is 10.3. The number of para-hydroxylation sites is 2. The van der Waals surface area contributed by atoms with Crippen LogP contribution in [-0.4, -0.2) is 35.1 Å². The minimum Gasteiger partial charge on any atom is -0.480 e. The van der Waals surface area contributed by atoms with Gasteiger partial charge in [0.1, 0.15) is 6.54 Å². The Balaban J connectivity index is 2.76. The van der Waals surface area contributed by atoms with Crippen molar-refractivity contribution in [2.45, 2.75) is 13.8 Å². The van der Waals surface area contributed by atoms with Gasteiger partial charge in [0, 0.05) is 6.54 Å². The monoisotopic (exact) mass is 265 g/mol. The maximum Gasteiger partial charge on any atom is 0.323 e. The molecule has 0 radical (unpaired) electrons. The standard InChI is InChI=1S/C13H19N3O3/c1-9(2)7-16(8-12(17)18)13(19)15-11-6-4-3-5-10(11)14/h3-6,9H,7-8,14H2,1-2H3,(H,15,19)(H,17,18). The Kier molecular flexibility index (Phi) is 5.17. The van der Waals surface area contributed by atoms with Crippen molar-refractivity contribution in [3.05, 3.63) is 24.3 Å². The van der Waals surface area contributed by atoms with E-state index in [1.807, 2.05) is 13.8 Å². The number of hydrogen-bond donors (Lipinski definition) is 3. The van der Waals surface area contributed by atoms with Gasteiger partial charge in [-0.05, 0) is 18.1 Å². The molecule has 19 heavy (non-hydrogen) atoms. The Bertz CT molecular complexity index is 460. The molecular weight excluding hydrogens is 246 g/mol. The first-order valence-corrected chi connectivity index (χ1v) is 6.02. The highest BCUT2D eigenvalue weighted by atomic mass is 16.4. The van der Waals surface area contributed by atoms with Crippen LogP contribution in [0.15, 0.2) is 24.3 Å². The molecule has 0 aliphatic heterocycles.